The van der Waals surface area contributed by atoms with Crippen LogP contribution in [0.4, 0.5) is 9.59 Å². The highest BCUT2D eigenvalue weighted by molar-refractivity contribution is 5.88. The first-order valence-corrected chi connectivity index (χ1v) is 21.6. The number of nitrogens with two attached hydrogens (primary N) is 1. The molecule has 0 aliphatic heterocycles. The summed E-state index contributed by atoms with van der Waals surface area (Å²) in [6.07, 6.45) is -0.861. The molecule has 0 spiro atoms. The van der Waals surface area contributed by atoms with Crippen LogP contribution in [-0.4, -0.2) is 103 Å². The summed E-state index contributed by atoms with van der Waals surface area (Å²) < 4.78 is 15.9. The summed E-state index contributed by atoms with van der Waals surface area (Å²) in [5, 5.41) is 12.4. The van der Waals surface area contributed by atoms with Crippen molar-refractivity contribution in [1.82, 2.24) is 36.7 Å². The number of hydrogen-bond donors (Lipinski definition) is 6. The Labute approximate surface area is 386 Å². The maximum absolute atomic E-state index is 14.4. The van der Waals surface area contributed by atoms with Crippen LogP contribution in [0, 0.1) is 10.8 Å². The number of nitrogens with one attached hydrogen (secondary N) is 5. The van der Waals surface area contributed by atoms with E-state index >= 15 is 0 Å². The van der Waals surface area contributed by atoms with Crippen LogP contribution in [0.2, 0.25) is 0 Å². The van der Waals surface area contributed by atoms with Crippen molar-refractivity contribution in [2.75, 3.05) is 27.3 Å². The van der Waals surface area contributed by atoms with Gasteiger partial charge in [-0.1, -0.05) is 133 Å². The molecule has 0 aliphatic carbocycles. The Bertz CT molecular complexity index is 2200. The first-order valence-electron chi connectivity index (χ1n) is 21.6. The summed E-state index contributed by atoms with van der Waals surface area (Å²) in [5.41, 5.74) is 11.5. The molecule has 0 saturated heterocycles. The molecule has 354 valence electrons. The van der Waals surface area contributed by atoms with E-state index < -0.39 is 83.5 Å². The van der Waals surface area contributed by atoms with E-state index in [2.05, 4.69) is 31.7 Å². The van der Waals surface area contributed by atoms with Gasteiger partial charge in [0.05, 0.1) is 38.5 Å². The van der Waals surface area contributed by atoms with Gasteiger partial charge in [0.15, 0.2) is 0 Å². The van der Waals surface area contributed by atoms with E-state index in [1.54, 1.807) is 47.7 Å². The Morgan fingerprint density at radius 1 is 0.636 bits per heavy atom. The fourth-order valence-corrected chi connectivity index (χ4v) is 6.94. The molecule has 66 heavy (non-hydrogen) atoms. The first-order chi connectivity index (χ1) is 31.3. The average Bonchev–Trinajstić information content (AvgIpc) is 3.28. The minimum absolute atomic E-state index is 0.0446. The van der Waals surface area contributed by atoms with Crippen LogP contribution in [0.1, 0.15) is 58.2 Å². The monoisotopic (exact) mass is 908 g/mol. The Morgan fingerprint density at radius 3 is 1.68 bits per heavy atom. The molecule has 0 fully saturated rings. The van der Waals surface area contributed by atoms with Gasteiger partial charge in [-0.05, 0) is 52.5 Å². The predicted molar refractivity (Wildman–Crippen MR) is 249 cm³/mol. The molecule has 1 aromatic heterocycles. The van der Waals surface area contributed by atoms with Crippen LogP contribution in [0.15, 0.2) is 109 Å². The maximum atomic E-state index is 14.4. The zero-order valence-electron chi connectivity index (χ0n) is 39.0. The normalized spacial score (nSPS) is 13.7. The number of carbonyl (C=O) groups is 6. The number of alkyl carbamates (subject to hydrolysis) is 2. The summed E-state index contributed by atoms with van der Waals surface area (Å²) in [6.45, 7) is 9.87. The molecule has 4 rings (SSSR count). The predicted octanol–water partition coefficient (Wildman–Crippen LogP) is 4.45. The lowest BCUT2D eigenvalue weighted by Crippen LogP contribution is -2.61. The molecular formula is C49H64N8O9. The Hall–Kier alpha value is -6.85. The largest absolute Gasteiger partial charge is 0.457 e. The Kier molecular flexibility index (Phi) is 19.2. The molecule has 5 amide bonds. The van der Waals surface area contributed by atoms with Gasteiger partial charge < -0.3 is 41.2 Å². The van der Waals surface area contributed by atoms with E-state index in [0.29, 0.717) is 0 Å². The van der Waals surface area contributed by atoms with E-state index in [1.165, 1.54) is 19.2 Å². The van der Waals surface area contributed by atoms with Gasteiger partial charge in [0, 0.05) is 18.3 Å². The first kappa shape index (κ1) is 51.8. The third kappa shape index (κ3) is 16.6. The fourth-order valence-electron chi connectivity index (χ4n) is 6.94. The van der Waals surface area contributed by atoms with Gasteiger partial charge in [-0.2, -0.15) is 0 Å². The van der Waals surface area contributed by atoms with Gasteiger partial charge in [0.25, 0.3) is 5.91 Å². The molecule has 0 radical (unpaired) electrons. The van der Waals surface area contributed by atoms with Gasteiger partial charge in [-0.25, -0.2) is 14.6 Å². The number of nitrogens with zero attached hydrogens (tertiary/aromatic N) is 2. The number of methoxy groups -OCH3 is 2. The van der Waals surface area contributed by atoms with E-state index in [4.69, 9.17) is 19.9 Å². The summed E-state index contributed by atoms with van der Waals surface area (Å²) in [6, 6.07) is 27.2. The lowest BCUT2D eigenvalue weighted by molar-refractivity contribution is -0.153. The maximum Gasteiger partial charge on any atom is 0.407 e. The minimum Gasteiger partial charge on any atom is -0.457 e. The molecular weight excluding hydrogens is 845 g/mol. The van der Waals surface area contributed by atoms with E-state index in [0.717, 1.165) is 27.9 Å². The Balaban J connectivity index is 1.77. The average molecular weight is 909 g/mol. The third-order valence-corrected chi connectivity index (χ3v) is 10.5. The van der Waals surface area contributed by atoms with E-state index in [-0.39, 0.29) is 25.9 Å². The topological polar surface area (TPSA) is 232 Å². The summed E-state index contributed by atoms with van der Waals surface area (Å²) in [5.74, 6) is -2.66. The molecule has 0 unspecified atom stereocenters. The number of rotatable bonds is 20. The molecule has 0 saturated carbocycles. The van der Waals surface area contributed by atoms with Crippen LogP contribution >= 0.6 is 0 Å². The van der Waals surface area contributed by atoms with Crippen molar-refractivity contribution in [3.05, 3.63) is 126 Å². The molecule has 17 nitrogen and oxygen atoms in total. The van der Waals surface area contributed by atoms with E-state index in [9.17, 15) is 28.8 Å². The van der Waals surface area contributed by atoms with Crippen molar-refractivity contribution < 1.29 is 43.0 Å². The van der Waals surface area contributed by atoms with Gasteiger partial charge in [-0.3, -0.25) is 29.6 Å². The summed E-state index contributed by atoms with van der Waals surface area (Å²) in [7, 11) is 2.38. The molecule has 1 heterocycles. The SMILES string of the molecule is COC(=O)N[C@H](C(=O)N[C@@H](Cc1ccccc1)[C@H](CN(Cc1ccc(-c2ccccn2)cc1)NC(=O)[C@@H](NC(=O)OC)C(C)(C)C)OC(=O)CNC(=O)[C@H](N)Cc1ccccc1)C(C)(C)C. The number of benzene rings is 3. The zero-order chi connectivity index (χ0) is 48.4. The highest BCUT2D eigenvalue weighted by Crippen LogP contribution is 2.23. The highest BCUT2D eigenvalue weighted by Gasteiger charge is 2.39. The Morgan fingerprint density at radius 2 is 1.17 bits per heavy atom. The fraction of sp³-hybridized carbons (Fsp3) is 0.408. The number of hydrazine groups is 1. The molecule has 3 aromatic carbocycles. The summed E-state index contributed by atoms with van der Waals surface area (Å²) >= 11 is 0. The second-order valence-corrected chi connectivity index (χ2v) is 18.0. The second-order valence-electron chi connectivity index (χ2n) is 18.0. The molecule has 5 atom stereocenters. The van der Waals surface area contributed by atoms with Crippen LogP contribution < -0.4 is 32.4 Å². The van der Waals surface area contributed by atoms with Gasteiger partial charge in [0.1, 0.15) is 24.7 Å². The smallest absolute Gasteiger partial charge is 0.407 e. The number of amides is 5. The van der Waals surface area contributed by atoms with Crippen molar-refractivity contribution >= 4 is 35.9 Å². The van der Waals surface area contributed by atoms with Gasteiger partial charge in [0.2, 0.25) is 11.8 Å². The second kappa shape index (κ2) is 24.4. The van der Waals surface area contributed by atoms with Gasteiger partial charge in [-0.15, -0.1) is 0 Å². The van der Waals surface area contributed by atoms with Crippen LogP contribution in [-0.2, 0) is 52.8 Å². The summed E-state index contributed by atoms with van der Waals surface area (Å²) in [4.78, 5) is 85.3. The van der Waals surface area contributed by atoms with Crippen LogP contribution in [0.3, 0.4) is 0 Å². The lowest BCUT2D eigenvalue weighted by atomic mass is 9.85. The van der Waals surface area contributed by atoms with Crippen molar-refractivity contribution in [2.24, 2.45) is 16.6 Å². The van der Waals surface area contributed by atoms with Crippen molar-refractivity contribution in [3.8, 4) is 11.3 Å². The lowest BCUT2D eigenvalue weighted by Gasteiger charge is -2.37. The standard InChI is InChI=1S/C49H64N8O9/c1-48(2,3)41(54-46(62)64-7)44(60)53-38(28-33-19-13-10-14-20-33)39(66-40(58)29-52-43(59)36(50)27-32-17-11-9-12-18-32)31-57(56-45(61)42(49(4,5)6)55-47(63)65-8)30-34-22-24-35(25-23-34)37-21-15-16-26-51-37/h9-26,36,38-39,41-42H,27-31,50H2,1-8H3,(H,52,59)(H,53,60)(H,54,62)(H,55,63)(H,56,61)/t36-,38+,39+,41-,42-/m1/s1. The molecule has 7 N–H and O–H groups in total. The van der Waals surface area contributed by atoms with Crippen LogP contribution in [0.25, 0.3) is 11.3 Å². The molecule has 17 heteroatoms. The van der Waals surface area contributed by atoms with E-state index in [1.807, 2.05) is 103 Å². The number of pyridine rings is 1. The molecule has 0 bridgehead atoms. The number of esters is 1. The number of hydrogen-bond acceptors (Lipinski definition) is 12. The number of carbonyl (C=O) groups excluding carboxylic acids is 6. The quantitative estimate of drug-likeness (QED) is 0.0411. The van der Waals surface area contributed by atoms with Crippen molar-refractivity contribution in [2.45, 2.75) is 91.2 Å². The number of aromatic nitrogens is 1. The third-order valence-electron chi connectivity index (χ3n) is 10.5. The van der Waals surface area contributed by atoms with Crippen molar-refractivity contribution in [3.63, 3.8) is 0 Å². The van der Waals surface area contributed by atoms with Crippen molar-refractivity contribution in [1.29, 1.82) is 0 Å². The zero-order valence-corrected chi connectivity index (χ0v) is 39.0. The van der Waals surface area contributed by atoms with Crippen LogP contribution in [0.5, 0.6) is 0 Å². The molecule has 4 aromatic rings. The van der Waals surface area contributed by atoms with Gasteiger partial charge >= 0.3 is 18.2 Å². The molecule has 0 aliphatic rings. The highest BCUT2D eigenvalue weighted by atomic mass is 16.6. The minimum atomic E-state index is -1.25. The number of ether oxygens (including phenoxy) is 3.